The van der Waals surface area contributed by atoms with Crippen LogP contribution in [0.3, 0.4) is 0 Å². The first-order valence-corrected chi connectivity index (χ1v) is 32.3. The van der Waals surface area contributed by atoms with Gasteiger partial charge in [0.15, 0.2) is 5.78 Å². The van der Waals surface area contributed by atoms with Crippen LogP contribution in [0.15, 0.2) is 119 Å². The van der Waals surface area contributed by atoms with E-state index in [4.69, 9.17) is 29.5 Å². The molecule has 0 N–H and O–H groups in total. The van der Waals surface area contributed by atoms with Gasteiger partial charge in [-0.25, -0.2) is 0 Å². The summed E-state index contributed by atoms with van der Waals surface area (Å²) in [4.78, 5) is 16.6. The van der Waals surface area contributed by atoms with Crippen molar-refractivity contribution in [2.45, 2.75) is 153 Å². The molecule has 1 aliphatic rings. The number of thioether (sulfide) groups is 2. The van der Waals surface area contributed by atoms with Gasteiger partial charge in [0.1, 0.15) is 23.0 Å². The molecule has 9 heteroatoms. The fraction of sp³-hybridized carbons (Fsp3) is 0.373. The van der Waals surface area contributed by atoms with Crippen molar-refractivity contribution in [1.29, 1.82) is 10.5 Å². The van der Waals surface area contributed by atoms with Crippen molar-refractivity contribution in [3.63, 3.8) is 0 Å². The minimum absolute atomic E-state index is 0.0670. The molecule has 0 heterocycles. The minimum Gasteiger partial charge on any atom is -0.492 e. The Morgan fingerprint density at radius 1 is 0.345 bits per heavy atom. The maximum atomic E-state index is 14.4. The summed E-state index contributed by atoms with van der Waals surface area (Å²) in [6.45, 7) is 11.0. The summed E-state index contributed by atoms with van der Waals surface area (Å²) in [5, 5.41) is 17.9. The van der Waals surface area contributed by atoms with Gasteiger partial charge in [-0.3, -0.25) is 4.79 Å². The highest BCUT2D eigenvalue weighted by molar-refractivity contribution is 7.99. The van der Waals surface area contributed by atoms with Crippen molar-refractivity contribution in [1.82, 2.24) is 0 Å². The third-order valence-electron chi connectivity index (χ3n) is 14.0. The molecule has 0 bridgehead atoms. The molecular weight excluding hydrogens is 1070 g/mol. The maximum absolute atomic E-state index is 14.4. The fourth-order valence-electron chi connectivity index (χ4n) is 9.32. The number of carbonyl (C=O) groups excluding carboxylic acids is 1. The standard InChI is InChI=1S/C75H78N2O5S2/c1-5-9-13-17-45-79-71-55-63(73(81-47-19-15-11-7-3)53-61(71)33-23-57-27-37-65(38-28-57)83-49-21-43-76)35-25-59-31-41-67-68-42-32-60(52-70(68)75(78)69(67)51-59)26-36-64-56-72(80-46-18-14-10-6-2)62(54-74(64)82-48-20-16-12-8-4)34-24-58-29-39-66(40-30-58)84-50-22-44-77/h27-32,37-42,51-56H,5-22,45-50H2,1-4H3. The molecule has 0 unspecified atom stereocenters. The lowest BCUT2D eigenvalue weighted by Crippen LogP contribution is -2.03. The zero-order chi connectivity index (χ0) is 59.0. The lowest BCUT2D eigenvalue weighted by molar-refractivity contribution is 0.104. The largest absolute Gasteiger partial charge is 0.492 e. The van der Waals surface area contributed by atoms with Crippen molar-refractivity contribution in [2.75, 3.05) is 37.9 Å². The molecule has 0 aromatic heterocycles. The lowest BCUT2D eigenvalue weighted by atomic mass is 10.0. The van der Waals surface area contributed by atoms with E-state index in [9.17, 15) is 4.79 Å². The molecule has 0 saturated heterocycles. The van der Waals surface area contributed by atoms with Gasteiger partial charge in [0.25, 0.3) is 0 Å². The third kappa shape index (κ3) is 20.2. The first-order valence-electron chi connectivity index (χ1n) is 30.3. The molecule has 84 heavy (non-hydrogen) atoms. The molecule has 0 atom stereocenters. The second kappa shape index (κ2) is 36.0. The second-order valence-corrected chi connectivity index (χ2v) is 23.1. The van der Waals surface area contributed by atoms with E-state index in [2.05, 4.69) is 87.2 Å². The van der Waals surface area contributed by atoms with Crippen LogP contribution in [-0.4, -0.2) is 43.7 Å². The summed E-state index contributed by atoms with van der Waals surface area (Å²) < 4.78 is 26.0. The Labute approximate surface area is 510 Å². The average molecular weight is 1150 g/mol. The number of nitrogens with zero attached hydrogens (tertiary/aromatic N) is 2. The molecule has 6 aromatic rings. The number of unbranched alkanes of at least 4 members (excludes halogenated alkanes) is 12. The topological polar surface area (TPSA) is 102 Å². The molecule has 0 saturated carbocycles. The van der Waals surface area contributed by atoms with E-state index in [1.807, 2.05) is 109 Å². The Bertz CT molecular complexity index is 3260. The van der Waals surface area contributed by atoms with Crippen molar-refractivity contribution in [3.05, 3.63) is 165 Å². The van der Waals surface area contributed by atoms with E-state index in [0.29, 0.717) is 95.6 Å². The average Bonchev–Trinajstić information content (AvgIpc) is 3.76. The highest BCUT2D eigenvalue weighted by Gasteiger charge is 2.27. The molecule has 0 spiro atoms. The second-order valence-electron chi connectivity index (χ2n) is 20.7. The van der Waals surface area contributed by atoms with Gasteiger partial charge in [0.2, 0.25) is 0 Å². The maximum Gasteiger partial charge on any atom is 0.194 e. The van der Waals surface area contributed by atoms with Crippen LogP contribution >= 0.6 is 23.5 Å². The number of benzene rings is 6. The zero-order valence-corrected chi connectivity index (χ0v) is 51.2. The smallest absolute Gasteiger partial charge is 0.194 e. The van der Waals surface area contributed by atoms with Crippen LogP contribution in [0, 0.1) is 70.0 Å². The van der Waals surface area contributed by atoms with Crippen LogP contribution in [0.25, 0.3) is 11.1 Å². The molecule has 7 nitrogen and oxygen atoms in total. The first kappa shape index (κ1) is 63.7. The quantitative estimate of drug-likeness (QED) is 0.0247. The van der Waals surface area contributed by atoms with Crippen molar-refractivity contribution in [2.24, 2.45) is 0 Å². The third-order valence-corrected chi connectivity index (χ3v) is 16.1. The summed E-state index contributed by atoms with van der Waals surface area (Å²) in [5.41, 5.74) is 8.98. The van der Waals surface area contributed by atoms with E-state index in [0.717, 1.165) is 157 Å². The van der Waals surface area contributed by atoms with Crippen molar-refractivity contribution >= 4 is 29.3 Å². The number of hydrogen-bond acceptors (Lipinski definition) is 9. The van der Waals surface area contributed by atoms with Crippen LogP contribution in [0.5, 0.6) is 23.0 Å². The molecule has 430 valence electrons. The SMILES string of the molecule is CCCCCCOc1cc(C#Cc2ccc3c(c2)C(=O)c2cc(C#Cc4cc(OCCCCCC)c(C#Cc5ccc(SCCC#N)cc5)cc4OCCCCCC)ccc2-3)c(OCCCCCC)cc1C#Cc1ccc(SCCC#N)cc1. The fourth-order valence-corrected chi connectivity index (χ4v) is 10.8. The molecule has 6 aromatic carbocycles. The Balaban J connectivity index is 1.17. The van der Waals surface area contributed by atoms with E-state index in [1.165, 1.54) is 0 Å². The van der Waals surface area contributed by atoms with Gasteiger partial charge in [0, 0.05) is 91.8 Å². The highest BCUT2D eigenvalue weighted by atomic mass is 32.2. The molecule has 1 aliphatic carbocycles. The van der Waals surface area contributed by atoms with E-state index in [1.54, 1.807) is 23.5 Å². The summed E-state index contributed by atoms with van der Waals surface area (Å²) >= 11 is 3.32. The number of carbonyl (C=O) groups is 1. The summed E-state index contributed by atoms with van der Waals surface area (Å²) in [5.74, 6) is 31.1. The molecular formula is C75H78N2O5S2. The monoisotopic (exact) mass is 1150 g/mol. The van der Waals surface area contributed by atoms with Gasteiger partial charge in [-0.1, -0.05) is 164 Å². The number of ether oxygens (including phenoxy) is 4. The molecule has 0 radical (unpaired) electrons. The number of rotatable bonds is 30. The Morgan fingerprint density at radius 2 is 0.643 bits per heavy atom. The predicted molar refractivity (Wildman–Crippen MR) is 345 cm³/mol. The van der Waals surface area contributed by atoms with Gasteiger partial charge in [-0.05, 0) is 110 Å². The van der Waals surface area contributed by atoms with E-state index in [-0.39, 0.29) is 5.78 Å². The number of hydrogen-bond donors (Lipinski definition) is 0. The summed E-state index contributed by atoms with van der Waals surface area (Å²) in [7, 11) is 0. The lowest BCUT2D eigenvalue weighted by Gasteiger charge is -2.14. The van der Waals surface area contributed by atoms with Crippen LogP contribution in [0.4, 0.5) is 0 Å². The molecule has 0 fully saturated rings. The number of fused-ring (bicyclic) bond motifs is 3. The van der Waals surface area contributed by atoms with Crippen LogP contribution in [-0.2, 0) is 0 Å². The van der Waals surface area contributed by atoms with Crippen molar-refractivity contribution < 1.29 is 23.7 Å². The predicted octanol–water partition coefficient (Wildman–Crippen LogP) is 18.3. The molecule has 7 rings (SSSR count). The summed E-state index contributed by atoms with van der Waals surface area (Å²) in [6, 6.07) is 40.2. The number of ketones is 1. The van der Waals surface area contributed by atoms with Gasteiger partial charge in [-0.2, -0.15) is 10.5 Å². The Hall–Kier alpha value is -7.89. The highest BCUT2D eigenvalue weighted by Crippen LogP contribution is 2.38. The van der Waals surface area contributed by atoms with Gasteiger partial charge in [0.05, 0.1) is 60.8 Å². The van der Waals surface area contributed by atoms with E-state index >= 15 is 0 Å². The zero-order valence-electron chi connectivity index (χ0n) is 49.6. The van der Waals surface area contributed by atoms with Crippen LogP contribution < -0.4 is 18.9 Å². The Morgan fingerprint density at radius 3 is 0.940 bits per heavy atom. The normalized spacial score (nSPS) is 10.8. The Kier molecular flexibility index (Phi) is 27.3. The number of nitriles is 2. The summed E-state index contributed by atoms with van der Waals surface area (Å²) in [6.07, 6.45) is 18.2. The van der Waals surface area contributed by atoms with E-state index < -0.39 is 0 Å². The van der Waals surface area contributed by atoms with Crippen LogP contribution in [0.1, 0.15) is 204 Å². The molecule has 0 aliphatic heterocycles. The molecule has 0 amide bonds. The minimum atomic E-state index is -0.0670. The van der Waals surface area contributed by atoms with Crippen molar-refractivity contribution in [3.8, 4) is 93.6 Å². The first-order chi connectivity index (χ1) is 41.3. The van der Waals surface area contributed by atoms with Gasteiger partial charge < -0.3 is 18.9 Å². The van der Waals surface area contributed by atoms with Gasteiger partial charge in [-0.15, -0.1) is 23.5 Å². The van der Waals surface area contributed by atoms with Crippen LogP contribution in [0.2, 0.25) is 0 Å². The van der Waals surface area contributed by atoms with Gasteiger partial charge >= 0.3 is 0 Å².